The molecule has 7 nitrogen and oxygen atoms in total. The van der Waals surface area contributed by atoms with E-state index in [1.165, 1.54) is 11.2 Å². The number of hydrogen-bond donors (Lipinski definition) is 2. The predicted molar refractivity (Wildman–Crippen MR) is 97.4 cm³/mol. The minimum Gasteiger partial charge on any atom is -0.483 e. The average Bonchev–Trinajstić information content (AvgIpc) is 3.38. The van der Waals surface area contributed by atoms with Crippen molar-refractivity contribution >= 4 is 17.4 Å². The second-order valence-corrected chi connectivity index (χ2v) is 6.77. The Balaban J connectivity index is 0.000000565. The van der Waals surface area contributed by atoms with Gasteiger partial charge in [-0.25, -0.2) is 4.39 Å². The van der Waals surface area contributed by atoms with Gasteiger partial charge in [-0.05, 0) is 31.9 Å². The van der Waals surface area contributed by atoms with E-state index in [4.69, 9.17) is 14.4 Å². The van der Waals surface area contributed by atoms with Crippen LogP contribution in [0.4, 0.5) is 4.39 Å². The standard InChI is InChI=1S/C18H19FN4O.CH2O2/c19-13-10-20-8-7-11(13)18-21-17(22-24-18)16-12-4-1-2-5-14(12)23-9-3-6-15(16)23;2-1-3/h1-2,4-5,11,13,20H,3,6-10H2;1H,(H,2,3)/t11-,13-;/m0./s1. The highest BCUT2D eigenvalue weighted by Crippen LogP contribution is 2.38. The van der Waals surface area contributed by atoms with E-state index in [0.29, 0.717) is 24.7 Å². The van der Waals surface area contributed by atoms with Crippen LogP contribution in [0.1, 0.15) is 30.3 Å². The van der Waals surface area contributed by atoms with E-state index in [1.54, 1.807) is 0 Å². The number of hydrogen-bond acceptors (Lipinski definition) is 5. The van der Waals surface area contributed by atoms with Gasteiger partial charge in [-0.15, -0.1) is 0 Å². The molecule has 2 aliphatic heterocycles. The molecule has 0 saturated carbocycles. The zero-order valence-corrected chi connectivity index (χ0v) is 14.8. The molecule has 1 fully saturated rings. The largest absolute Gasteiger partial charge is 0.483 e. The number of rotatable bonds is 2. The fourth-order valence-corrected chi connectivity index (χ4v) is 4.11. The van der Waals surface area contributed by atoms with Gasteiger partial charge in [0.15, 0.2) is 0 Å². The number of benzene rings is 1. The van der Waals surface area contributed by atoms with Crippen molar-refractivity contribution in [3.8, 4) is 11.4 Å². The molecule has 142 valence electrons. The van der Waals surface area contributed by atoms with Crippen LogP contribution in [0.3, 0.4) is 0 Å². The van der Waals surface area contributed by atoms with Crippen molar-refractivity contribution in [2.45, 2.75) is 37.9 Å². The zero-order valence-electron chi connectivity index (χ0n) is 14.8. The summed E-state index contributed by atoms with van der Waals surface area (Å²) in [5.41, 5.74) is 3.55. The fourth-order valence-electron chi connectivity index (χ4n) is 4.11. The van der Waals surface area contributed by atoms with Gasteiger partial charge in [0.25, 0.3) is 6.47 Å². The molecule has 27 heavy (non-hydrogen) atoms. The molecule has 0 unspecified atom stereocenters. The molecule has 0 aliphatic carbocycles. The van der Waals surface area contributed by atoms with E-state index in [0.717, 1.165) is 36.9 Å². The molecule has 0 bridgehead atoms. The topological polar surface area (TPSA) is 93.2 Å². The minimum absolute atomic E-state index is 0.250. The number of fused-ring (bicyclic) bond motifs is 3. The summed E-state index contributed by atoms with van der Waals surface area (Å²) in [6.07, 6.45) is 1.88. The molecule has 3 aromatic rings. The van der Waals surface area contributed by atoms with Crippen molar-refractivity contribution in [3.05, 3.63) is 35.9 Å². The molecule has 2 N–H and O–H groups in total. The van der Waals surface area contributed by atoms with E-state index < -0.39 is 6.17 Å². The van der Waals surface area contributed by atoms with Gasteiger partial charge in [-0.1, -0.05) is 23.4 Å². The number of carboxylic acid groups (broad SMARTS) is 1. The molecule has 1 aromatic carbocycles. The molecule has 1 saturated heterocycles. The van der Waals surface area contributed by atoms with Crippen LogP contribution < -0.4 is 5.32 Å². The number of alkyl halides is 1. The zero-order chi connectivity index (χ0) is 18.8. The number of carbonyl (C=O) groups is 1. The lowest BCUT2D eigenvalue weighted by molar-refractivity contribution is -0.122. The van der Waals surface area contributed by atoms with E-state index >= 15 is 0 Å². The van der Waals surface area contributed by atoms with Crippen LogP contribution in [0, 0.1) is 0 Å². The monoisotopic (exact) mass is 372 g/mol. The van der Waals surface area contributed by atoms with Gasteiger partial charge in [-0.2, -0.15) is 4.98 Å². The van der Waals surface area contributed by atoms with Gasteiger partial charge >= 0.3 is 0 Å². The average molecular weight is 372 g/mol. The van der Waals surface area contributed by atoms with Crippen molar-refractivity contribution in [3.63, 3.8) is 0 Å². The lowest BCUT2D eigenvalue weighted by atomic mass is 9.96. The highest BCUT2D eigenvalue weighted by molar-refractivity contribution is 5.96. The number of piperidine rings is 1. The number of nitrogens with one attached hydrogen (secondary N) is 1. The molecule has 0 spiro atoms. The number of halogens is 1. The van der Waals surface area contributed by atoms with Crippen LogP contribution in [0.5, 0.6) is 0 Å². The molecule has 0 radical (unpaired) electrons. The smallest absolute Gasteiger partial charge is 0.290 e. The maximum atomic E-state index is 14.2. The molecule has 5 rings (SSSR count). The van der Waals surface area contributed by atoms with Crippen LogP contribution in [0.2, 0.25) is 0 Å². The number of para-hydroxylation sites is 1. The Kier molecular flexibility index (Phi) is 4.89. The minimum atomic E-state index is -0.969. The van der Waals surface area contributed by atoms with Crippen molar-refractivity contribution in [1.29, 1.82) is 0 Å². The van der Waals surface area contributed by atoms with Crippen LogP contribution >= 0.6 is 0 Å². The normalized spacial score (nSPS) is 21.5. The highest BCUT2D eigenvalue weighted by Gasteiger charge is 2.32. The summed E-state index contributed by atoms with van der Waals surface area (Å²) in [6, 6.07) is 8.34. The Morgan fingerprint density at radius 1 is 1.37 bits per heavy atom. The first kappa shape index (κ1) is 17.7. The van der Waals surface area contributed by atoms with Gasteiger partial charge in [0.2, 0.25) is 11.7 Å². The summed E-state index contributed by atoms with van der Waals surface area (Å²) in [5, 5.41) is 15.3. The maximum absolute atomic E-state index is 14.2. The van der Waals surface area contributed by atoms with Gasteiger partial charge < -0.3 is 19.5 Å². The number of aromatic nitrogens is 3. The van der Waals surface area contributed by atoms with Crippen molar-refractivity contribution in [2.75, 3.05) is 13.1 Å². The molecule has 4 heterocycles. The van der Waals surface area contributed by atoms with Crippen molar-refractivity contribution in [2.24, 2.45) is 0 Å². The third-order valence-electron chi connectivity index (χ3n) is 5.26. The SMILES string of the molecule is F[C@H]1CNCC[C@@H]1c1nc(-c2c3n(c4ccccc24)CCC3)no1.O=CO. The Morgan fingerprint density at radius 2 is 2.19 bits per heavy atom. The van der Waals surface area contributed by atoms with E-state index in [1.807, 2.05) is 6.07 Å². The molecular formula is C19H21FN4O3. The molecule has 8 heteroatoms. The van der Waals surface area contributed by atoms with E-state index in [9.17, 15) is 4.39 Å². The second-order valence-electron chi connectivity index (χ2n) is 6.77. The fraction of sp³-hybridized carbons (Fsp3) is 0.421. The molecule has 2 aliphatic rings. The third-order valence-corrected chi connectivity index (χ3v) is 5.26. The van der Waals surface area contributed by atoms with Crippen LogP contribution in [0.15, 0.2) is 28.8 Å². The van der Waals surface area contributed by atoms with E-state index in [2.05, 4.69) is 38.2 Å². The van der Waals surface area contributed by atoms with Crippen molar-refractivity contribution < 1.29 is 18.8 Å². The van der Waals surface area contributed by atoms with Crippen LogP contribution in [-0.4, -0.2) is 45.5 Å². The van der Waals surface area contributed by atoms with Gasteiger partial charge in [-0.3, -0.25) is 4.79 Å². The quantitative estimate of drug-likeness (QED) is 0.672. The van der Waals surface area contributed by atoms with E-state index in [-0.39, 0.29) is 12.4 Å². The summed E-state index contributed by atoms with van der Waals surface area (Å²) in [5.74, 6) is 0.734. The maximum Gasteiger partial charge on any atom is 0.290 e. The first-order valence-corrected chi connectivity index (χ1v) is 9.11. The summed E-state index contributed by atoms with van der Waals surface area (Å²) < 4.78 is 22.0. The predicted octanol–water partition coefficient (Wildman–Crippen LogP) is 2.75. The highest BCUT2D eigenvalue weighted by atomic mass is 19.1. The Hall–Kier alpha value is -2.74. The molecular weight excluding hydrogens is 351 g/mol. The Morgan fingerprint density at radius 3 is 3.00 bits per heavy atom. The Bertz CT molecular complexity index is 952. The first-order chi connectivity index (χ1) is 13.2. The second kappa shape index (κ2) is 7.48. The summed E-state index contributed by atoms with van der Waals surface area (Å²) in [4.78, 5) is 13.0. The summed E-state index contributed by atoms with van der Waals surface area (Å²) in [7, 11) is 0. The third kappa shape index (κ3) is 3.10. The molecule has 2 aromatic heterocycles. The molecule has 2 atom stereocenters. The van der Waals surface area contributed by atoms with Crippen LogP contribution in [0.25, 0.3) is 22.3 Å². The summed E-state index contributed by atoms with van der Waals surface area (Å²) in [6.45, 7) is 1.92. The van der Waals surface area contributed by atoms with Gasteiger partial charge in [0, 0.05) is 29.7 Å². The molecule has 0 amide bonds. The number of aryl methyl sites for hydroxylation is 1. The van der Waals surface area contributed by atoms with Crippen LogP contribution in [-0.2, 0) is 17.8 Å². The van der Waals surface area contributed by atoms with Gasteiger partial charge in [0.05, 0.1) is 11.5 Å². The van der Waals surface area contributed by atoms with Crippen molar-refractivity contribution in [1.82, 2.24) is 20.0 Å². The number of nitrogens with zero attached hydrogens (tertiary/aromatic N) is 3. The Labute approximate surface area is 155 Å². The summed E-state index contributed by atoms with van der Waals surface area (Å²) >= 11 is 0. The van der Waals surface area contributed by atoms with Gasteiger partial charge in [0.1, 0.15) is 6.17 Å². The first-order valence-electron chi connectivity index (χ1n) is 9.11. The lowest BCUT2D eigenvalue weighted by Crippen LogP contribution is -2.36. The lowest BCUT2D eigenvalue weighted by Gasteiger charge is -2.23.